The van der Waals surface area contributed by atoms with Gasteiger partial charge in [-0.3, -0.25) is 4.99 Å². The minimum absolute atomic E-state index is 0.0466. The quantitative estimate of drug-likeness (QED) is 0.410. The molecule has 0 aliphatic carbocycles. The first-order valence-corrected chi connectivity index (χ1v) is 9.90. The highest BCUT2D eigenvalue weighted by Crippen LogP contribution is 2.35. The molecule has 2 rings (SSSR count). The van der Waals surface area contributed by atoms with E-state index in [4.69, 9.17) is 23.7 Å². The molecule has 0 amide bonds. The molecule has 1 atom stereocenters. The van der Waals surface area contributed by atoms with Gasteiger partial charge in [0.1, 0.15) is 23.1 Å². The van der Waals surface area contributed by atoms with E-state index in [0.29, 0.717) is 61.8 Å². The molecule has 0 fully saturated rings. The van der Waals surface area contributed by atoms with Crippen LogP contribution in [-0.4, -0.2) is 81.3 Å². The Morgan fingerprint density at radius 2 is 1.82 bits per heavy atom. The Balaban J connectivity index is 1.78. The van der Waals surface area contributed by atoms with Crippen molar-refractivity contribution in [3.63, 3.8) is 0 Å². The van der Waals surface area contributed by atoms with Crippen LogP contribution in [-0.2, 0) is 23.7 Å². The molecule has 0 bridgehead atoms. The molecule has 0 aromatic heterocycles. The Hall–Kier alpha value is -1.81. The van der Waals surface area contributed by atoms with Gasteiger partial charge in [-0.15, -0.1) is 11.8 Å². The molecule has 9 heteroatoms. The molecular formula is C19H27NO7S. The summed E-state index contributed by atoms with van der Waals surface area (Å²) in [7, 11) is 2.97. The van der Waals surface area contributed by atoms with Crippen LogP contribution < -0.4 is 4.74 Å². The lowest BCUT2D eigenvalue weighted by atomic mass is 10.1. The predicted molar refractivity (Wildman–Crippen MR) is 107 cm³/mol. The molecule has 8 nitrogen and oxygen atoms in total. The van der Waals surface area contributed by atoms with Crippen LogP contribution in [0.25, 0.3) is 0 Å². The Labute approximate surface area is 169 Å². The van der Waals surface area contributed by atoms with Crippen molar-refractivity contribution in [1.82, 2.24) is 0 Å². The number of nitrogens with zero attached hydrogens (tertiary/aromatic N) is 1. The normalized spacial score (nSPS) is 18.8. The van der Waals surface area contributed by atoms with Gasteiger partial charge in [-0.2, -0.15) is 0 Å². The molecule has 1 aliphatic rings. The first-order valence-electron chi connectivity index (χ1n) is 8.92. The van der Waals surface area contributed by atoms with Crippen LogP contribution in [0.3, 0.4) is 0 Å². The average Bonchev–Trinajstić information content (AvgIpc) is 3.09. The van der Waals surface area contributed by atoms with Gasteiger partial charge in [0.05, 0.1) is 40.1 Å². The molecule has 1 aromatic carbocycles. The van der Waals surface area contributed by atoms with E-state index in [1.807, 2.05) is 0 Å². The van der Waals surface area contributed by atoms with E-state index in [2.05, 4.69) is 4.99 Å². The van der Waals surface area contributed by atoms with Crippen molar-refractivity contribution < 1.29 is 33.6 Å². The molecule has 0 radical (unpaired) electrons. The SMILES string of the molecule is COCCOCCOCCOc1ccc(C2=N[C@@](C)(C(=O)OC)CS2)c(O)c1. The molecule has 0 unspecified atom stereocenters. The molecule has 28 heavy (non-hydrogen) atoms. The molecule has 1 N–H and O–H groups in total. The number of thioether (sulfide) groups is 1. The minimum Gasteiger partial charge on any atom is -0.507 e. The number of aromatic hydroxyl groups is 1. The molecule has 1 heterocycles. The van der Waals surface area contributed by atoms with Gasteiger partial charge >= 0.3 is 5.97 Å². The lowest BCUT2D eigenvalue weighted by Crippen LogP contribution is -2.34. The van der Waals surface area contributed by atoms with Crippen molar-refractivity contribution >= 4 is 22.8 Å². The van der Waals surface area contributed by atoms with E-state index in [-0.39, 0.29) is 5.75 Å². The van der Waals surface area contributed by atoms with Gasteiger partial charge < -0.3 is 28.8 Å². The molecule has 0 saturated carbocycles. The number of carbonyl (C=O) groups excluding carboxylic acids is 1. The zero-order chi connectivity index (χ0) is 20.4. The lowest BCUT2D eigenvalue weighted by molar-refractivity contribution is -0.145. The van der Waals surface area contributed by atoms with Crippen LogP contribution in [0.1, 0.15) is 12.5 Å². The van der Waals surface area contributed by atoms with Gasteiger partial charge in [-0.1, -0.05) is 0 Å². The van der Waals surface area contributed by atoms with Crippen LogP contribution in [0.4, 0.5) is 0 Å². The number of carbonyl (C=O) groups is 1. The van der Waals surface area contributed by atoms with E-state index >= 15 is 0 Å². The van der Waals surface area contributed by atoms with Crippen LogP contribution in [0, 0.1) is 0 Å². The van der Waals surface area contributed by atoms with Crippen LogP contribution in [0.15, 0.2) is 23.2 Å². The second-order valence-electron chi connectivity index (χ2n) is 6.22. The van der Waals surface area contributed by atoms with Crippen molar-refractivity contribution in [1.29, 1.82) is 0 Å². The van der Waals surface area contributed by atoms with Crippen LogP contribution in [0.2, 0.25) is 0 Å². The second kappa shape index (κ2) is 11.3. The van der Waals surface area contributed by atoms with Crippen molar-refractivity contribution in [2.75, 3.05) is 59.6 Å². The first-order chi connectivity index (χ1) is 13.5. The summed E-state index contributed by atoms with van der Waals surface area (Å²) in [6.07, 6.45) is 0. The monoisotopic (exact) mass is 413 g/mol. The highest BCUT2D eigenvalue weighted by molar-refractivity contribution is 8.14. The summed E-state index contributed by atoms with van der Waals surface area (Å²) in [5.41, 5.74) is -0.365. The fraction of sp³-hybridized carbons (Fsp3) is 0.579. The average molecular weight is 413 g/mol. The van der Waals surface area contributed by atoms with Gasteiger partial charge in [-0.25, -0.2) is 4.79 Å². The van der Waals surface area contributed by atoms with E-state index in [0.717, 1.165) is 0 Å². The van der Waals surface area contributed by atoms with Crippen LogP contribution in [0.5, 0.6) is 11.5 Å². The van der Waals surface area contributed by atoms with Crippen molar-refractivity contribution in [2.24, 2.45) is 4.99 Å². The number of hydrogen-bond donors (Lipinski definition) is 1. The molecule has 0 spiro atoms. The number of phenolic OH excluding ortho intramolecular Hbond substituents is 1. The number of phenols is 1. The number of hydrogen-bond acceptors (Lipinski definition) is 9. The summed E-state index contributed by atoms with van der Waals surface area (Å²) in [6.45, 7) is 4.58. The Bertz CT molecular complexity index is 682. The predicted octanol–water partition coefficient (Wildman–Crippen LogP) is 1.88. The van der Waals surface area contributed by atoms with Gasteiger partial charge in [-0.05, 0) is 19.1 Å². The third kappa shape index (κ3) is 6.37. The summed E-state index contributed by atoms with van der Waals surface area (Å²) in [5.74, 6) is 0.656. The van der Waals surface area contributed by atoms with Gasteiger partial charge in [0.15, 0.2) is 5.54 Å². The second-order valence-corrected chi connectivity index (χ2v) is 7.18. The number of ether oxygens (including phenoxy) is 5. The van der Waals surface area contributed by atoms with E-state index in [1.165, 1.54) is 24.9 Å². The van der Waals surface area contributed by atoms with Gasteiger partial charge in [0.2, 0.25) is 0 Å². The number of methoxy groups -OCH3 is 2. The van der Waals surface area contributed by atoms with Crippen molar-refractivity contribution in [2.45, 2.75) is 12.5 Å². The summed E-state index contributed by atoms with van der Waals surface area (Å²) >= 11 is 1.41. The largest absolute Gasteiger partial charge is 0.507 e. The zero-order valence-electron chi connectivity index (χ0n) is 16.4. The van der Waals surface area contributed by atoms with E-state index < -0.39 is 11.5 Å². The maximum Gasteiger partial charge on any atom is 0.334 e. The standard InChI is InChI=1S/C19H27NO7S/c1-19(18(22)24-3)13-28-17(20-19)15-5-4-14(12-16(15)21)27-11-10-26-9-8-25-7-6-23-2/h4-5,12,21H,6-11,13H2,1-3H3/t19-/m1/s1. The lowest BCUT2D eigenvalue weighted by Gasteiger charge is -2.15. The van der Waals surface area contributed by atoms with Crippen molar-refractivity contribution in [3.8, 4) is 11.5 Å². The summed E-state index contributed by atoms with van der Waals surface area (Å²) < 4.78 is 26.0. The Morgan fingerprint density at radius 3 is 2.46 bits per heavy atom. The molecule has 1 aromatic rings. The number of aliphatic imine (C=N–C) groups is 1. The molecule has 1 aliphatic heterocycles. The van der Waals surface area contributed by atoms with Crippen LogP contribution >= 0.6 is 11.8 Å². The first kappa shape index (κ1) is 22.5. The highest BCUT2D eigenvalue weighted by atomic mass is 32.2. The molecule has 0 saturated heterocycles. The topological polar surface area (TPSA) is 95.8 Å². The summed E-state index contributed by atoms with van der Waals surface area (Å²) in [4.78, 5) is 16.3. The summed E-state index contributed by atoms with van der Waals surface area (Å²) in [6, 6.07) is 5.00. The fourth-order valence-corrected chi connectivity index (χ4v) is 3.62. The van der Waals surface area contributed by atoms with E-state index in [1.54, 1.807) is 26.2 Å². The van der Waals surface area contributed by atoms with Gasteiger partial charge in [0.25, 0.3) is 0 Å². The fourth-order valence-electron chi connectivity index (χ4n) is 2.42. The molecule has 156 valence electrons. The maximum absolute atomic E-state index is 11.9. The van der Waals surface area contributed by atoms with E-state index in [9.17, 15) is 9.90 Å². The number of benzene rings is 1. The third-order valence-corrected chi connectivity index (χ3v) is 5.25. The van der Waals surface area contributed by atoms with Gasteiger partial charge in [0, 0.05) is 24.5 Å². The Morgan fingerprint density at radius 1 is 1.14 bits per heavy atom. The van der Waals surface area contributed by atoms with Crippen molar-refractivity contribution in [3.05, 3.63) is 23.8 Å². The number of rotatable bonds is 12. The minimum atomic E-state index is -0.930. The highest BCUT2D eigenvalue weighted by Gasteiger charge is 2.40. The number of esters is 1. The zero-order valence-corrected chi connectivity index (χ0v) is 17.3. The molecular weight excluding hydrogens is 386 g/mol. The maximum atomic E-state index is 11.9. The third-order valence-electron chi connectivity index (χ3n) is 3.96. The summed E-state index contributed by atoms with van der Waals surface area (Å²) in [5, 5.41) is 10.9. The smallest absolute Gasteiger partial charge is 0.334 e. The Kier molecular flexibility index (Phi) is 9.04.